The van der Waals surface area contributed by atoms with Crippen LogP contribution in [0, 0.1) is 23.5 Å². The van der Waals surface area contributed by atoms with Gasteiger partial charge in [0.15, 0.2) is 11.6 Å². The minimum atomic E-state index is -4.63. The van der Waals surface area contributed by atoms with Gasteiger partial charge in [0.25, 0.3) is 11.9 Å². The van der Waals surface area contributed by atoms with Crippen LogP contribution in [0.4, 0.5) is 30.7 Å². The fourth-order valence-electron chi connectivity index (χ4n) is 1.57. The van der Waals surface area contributed by atoms with Crippen LogP contribution in [0.25, 0.3) is 11.1 Å². The van der Waals surface area contributed by atoms with E-state index in [9.17, 15) is 30.7 Å². The summed E-state index contributed by atoms with van der Waals surface area (Å²) in [6, 6.07) is 2.52. The molecule has 0 fully saturated rings. The average molecular weight is 295 g/mol. The van der Waals surface area contributed by atoms with Crippen molar-refractivity contribution in [2.75, 3.05) is 0 Å². The summed E-state index contributed by atoms with van der Waals surface area (Å²) in [6.45, 7) is 0. The molecule has 1 aromatic carbocycles. The van der Waals surface area contributed by atoms with E-state index in [1.165, 1.54) is 0 Å². The first-order valence-corrected chi connectivity index (χ1v) is 5.09. The molecule has 0 spiro atoms. The maximum atomic E-state index is 13.4. The van der Waals surface area contributed by atoms with Crippen molar-refractivity contribution in [2.24, 2.45) is 0 Å². The summed E-state index contributed by atoms with van der Waals surface area (Å²) in [5.41, 5.74) is -2.60. The highest BCUT2D eigenvalue weighted by atomic mass is 19.4. The maximum Gasteiger partial charge on any atom is 0.416 e. The molecule has 0 radical (unpaired) electrons. The lowest BCUT2D eigenvalue weighted by Crippen LogP contribution is -2.05. The van der Waals surface area contributed by atoms with Gasteiger partial charge in [-0.1, -0.05) is 12.1 Å². The molecule has 0 aliphatic heterocycles. The zero-order chi connectivity index (χ0) is 15.1. The van der Waals surface area contributed by atoms with Gasteiger partial charge in [-0.15, -0.1) is 0 Å². The number of halogens is 7. The van der Waals surface area contributed by atoms with E-state index in [2.05, 4.69) is 4.98 Å². The molecule has 0 amide bonds. The second-order valence-corrected chi connectivity index (χ2v) is 3.77. The molecule has 1 heterocycles. The molecule has 0 aliphatic rings. The summed E-state index contributed by atoms with van der Waals surface area (Å²) in [6.07, 6.45) is -4.63. The normalized spacial score (nSPS) is 11.8. The summed E-state index contributed by atoms with van der Waals surface area (Å²) in [7, 11) is 0. The number of aromatic nitrogens is 1. The van der Waals surface area contributed by atoms with E-state index < -0.39 is 46.4 Å². The lowest BCUT2D eigenvalue weighted by atomic mass is 10.0. The summed E-state index contributed by atoms with van der Waals surface area (Å²) >= 11 is 0. The van der Waals surface area contributed by atoms with E-state index in [1.807, 2.05) is 0 Å². The molecule has 106 valence electrons. The third-order valence-corrected chi connectivity index (χ3v) is 2.50. The first kappa shape index (κ1) is 14.3. The van der Waals surface area contributed by atoms with Gasteiger partial charge in [-0.2, -0.15) is 26.9 Å². The number of benzene rings is 1. The Labute approximate surface area is 107 Å². The van der Waals surface area contributed by atoms with Crippen molar-refractivity contribution >= 4 is 0 Å². The zero-order valence-electron chi connectivity index (χ0n) is 9.40. The largest absolute Gasteiger partial charge is 0.416 e. The van der Waals surface area contributed by atoms with Crippen LogP contribution in [0.2, 0.25) is 0 Å². The van der Waals surface area contributed by atoms with Crippen molar-refractivity contribution in [3.05, 3.63) is 53.4 Å². The molecular formula is C12H4F7N. The van der Waals surface area contributed by atoms with Crippen LogP contribution in [0.5, 0.6) is 0 Å². The molecule has 8 heteroatoms. The molecule has 0 N–H and O–H groups in total. The van der Waals surface area contributed by atoms with Gasteiger partial charge >= 0.3 is 6.18 Å². The number of hydrogen-bond acceptors (Lipinski definition) is 1. The monoisotopic (exact) mass is 295 g/mol. The van der Waals surface area contributed by atoms with E-state index in [0.29, 0.717) is 24.3 Å². The molecular weight excluding hydrogens is 291 g/mol. The van der Waals surface area contributed by atoms with Crippen LogP contribution in [-0.2, 0) is 6.18 Å². The minimum absolute atomic E-state index is 0.437. The maximum absolute atomic E-state index is 13.4. The van der Waals surface area contributed by atoms with Crippen LogP contribution in [0.1, 0.15) is 5.56 Å². The SMILES string of the molecule is Fc1nc(F)c(F)c(-c2ccc(C(F)(F)F)cc2)c1F. The van der Waals surface area contributed by atoms with Gasteiger partial charge in [0.1, 0.15) is 0 Å². The van der Waals surface area contributed by atoms with E-state index in [0.717, 1.165) is 0 Å². The molecule has 0 saturated heterocycles. The van der Waals surface area contributed by atoms with Crippen molar-refractivity contribution in [2.45, 2.75) is 6.18 Å². The Morgan fingerprint density at radius 3 is 1.60 bits per heavy atom. The Morgan fingerprint density at radius 2 is 1.20 bits per heavy atom. The van der Waals surface area contributed by atoms with Crippen LogP contribution in [0.15, 0.2) is 24.3 Å². The van der Waals surface area contributed by atoms with Crippen LogP contribution >= 0.6 is 0 Å². The number of nitrogens with zero attached hydrogens (tertiary/aromatic N) is 1. The second kappa shape index (κ2) is 4.77. The summed E-state index contributed by atoms with van der Waals surface area (Å²) in [4.78, 5) is 2.35. The molecule has 2 rings (SSSR count). The van der Waals surface area contributed by atoms with Gasteiger partial charge in [-0.3, -0.25) is 0 Å². The molecule has 0 aliphatic carbocycles. The fourth-order valence-corrected chi connectivity index (χ4v) is 1.57. The molecule has 1 nitrogen and oxygen atoms in total. The molecule has 0 bridgehead atoms. The van der Waals surface area contributed by atoms with Gasteiger partial charge in [0, 0.05) is 0 Å². The Hall–Kier alpha value is -2.12. The number of pyridine rings is 1. The van der Waals surface area contributed by atoms with Crippen molar-refractivity contribution < 1.29 is 30.7 Å². The number of alkyl halides is 3. The van der Waals surface area contributed by atoms with E-state index in [-0.39, 0.29) is 0 Å². The zero-order valence-corrected chi connectivity index (χ0v) is 9.40. The van der Waals surface area contributed by atoms with Gasteiger partial charge in [0.05, 0.1) is 11.1 Å². The van der Waals surface area contributed by atoms with Gasteiger partial charge in [-0.05, 0) is 17.7 Å². The Bertz CT molecular complexity index is 620. The Balaban J connectivity index is 2.58. The molecule has 0 unspecified atom stereocenters. The fraction of sp³-hybridized carbons (Fsp3) is 0.0833. The van der Waals surface area contributed by atoms with Gasteiger partial charge in [0.2, 0.25) is 0 Å². The van der Waals surface area contributed by atoms with Crippen LogP contribution in [0.3, 0.4) is 0 Å². The Kier molecular flexibility index (Phi) is 3.41. The third-order valence-electron chi connectivity index (χ3n) is 2.50. The van der Waals surface area contributed by atoms with Crippen molar-refractivity contribution in [3.63, 3.8) is 0 Å². The van der Waals surface area contributed by atoms with E-state index in [1.54, 1.807) is 0 Å². The van der Waals surface area contributed by atoms with Crippen LogP contribution < -0.4 is 0 Å². The van der Waals surface area contributed by atoms with Crippen LogP contribution in [-0.4, -0.2) is 4.98 Å². The lowest BCUT2D eigenvalue weighted by molar-refractivity contribution is -0.137. The first-order chi connectivity index (χ1) is 9.21. The first-order valence-electron chi connectivity index (χ1n) is 5.09. The number of hydrogen-bond donors (Lipinski definition) is 0. The van der Waals surface area contributed by atoms with E-state index in [4.69, 9.17) is 0 Å². The predicted octanol–water partition coefficient (Wildman–Crippen LogP) is 4.32. The molecule has 2 aromatic rings. The van der Waals surface area contributed by atoms with Gasteiger partial charge < -0.3 is 0 Å². The molecule has 20 heavy (non-hydrogen) atoms. The predicted molar refractivity (Wildman–Crippen MR) is 54.5 cm³/mol. The second-order valence-electron chi connectivity index (χ2n) is 3.77. The minimum Gasteiger partial charge on any atom is -0.201 e. The molecule has 0 atom stereocenters. The number of rotatable bonds is 1. The highest BCUT2D eigenvalue weighted by Crippen LogP contribution is 2.33. The Morgan fingerprint density at radius 1 is 0.750 bits per heavy atom. The summed E-state index contributed by atoms with van der Waals surface area (Å²) in [5.74, 6) is -7.30. The quantitative estimate of drug-likeness (QED) is 0.564. The summed E-state index contributed by atoms with van der Waals surface area (Å²) < 4.78 is 89.6. The highest BCUT2D eigenvalue weighted by Gasteiger charge is 2.30. The smallest absolute Gasteiger partial charge is 0.201 e. The van der Waals surface area contributed by atoms with Crippen molar-refractivity contribution in [1.29, 1.82) is 0 Å². The lowest BCUT2D eigenvalue weighted by Gasteiger charge is -2.09. The van der Waals surface area contributed by atoms with Crippen molar-refractivity contribution in [1.82, 2.24) is 4.98 Å². The molecule has 0 saturated carbocycles. The van der Waals surface area contributed by atoms with E-state index >= 15 is 0 Å². The summed E-state index contributed by atoms with van der Waals surface area (Å²) in [5, 5.41) is 0. The highest BCUT2D eigenvalue weighted by molar-refractivity contribution is 5.65. The third kappa shape index (κ3) is 2.45. The molecule has 1 aromatic heterocycles. The standard InChI is InChI=1S/C12H4F7N/c13-8-7(9(14)11(16)20-10(8)15)5-1-3-6(4-2-5)12(17,18)19/h1-4H. The van der Waals surface area contributed by atoms with Crippen molar-refractivity contribution in [3.8, 4) is 11.1 Å². The van der Waals surface area contributed by atoms with Gasteiger partial charge in [-0.25, -0.2) is 8.78 Å². The average Bonchev–Trinajstić information content (AvgIpc) is 2.36. The topological polar surface area (TPSA) is 12.9 Å².